The fourth-order valence-electron chi connectivity index (χ4n) is 3.79. The highest BCUT2D eigenvalue weighted by molar-refractivity contribution is 5.74. The van der Waals surface area contributed by atoms with Crippen molar-refractivity contribution in [3.8, 4) is 16.9 Å². The lowest BCUT2D eigenvalue weighted by atomic mass is 9.90. The molecule has 0 amide bonds. The molecule has 28 heavy (non-hydrogen) atoms. The van der Waals surface area contributed by atoms with E-state index >= 15 is 0 Å². The molecule has 0 bridgehead atoms. The zero-order valence-electron chi connectivity index (χ0n) is 17.4. The van der Waals surface area contributed by atoms with Gasteiger partial charge in [-0.1, -0.05) is 95.2 Å². The Labute approximate surface area is 169 Å². The van der Waals surface area contributed by atoms with E-state index in [-0.39, 0.29) is 0 Å². The first kappa shape index (κ1) is 22.0. The summed E-state index contributed by atoms with van der Waals surface area (Å²) in [7, 11) is 0. The van der Waals surface area contributed by atoms with Crippen LogP contribution in [-0.2, 0) is 12.8 Å². The number of carboxylic acid groups (broad SMARTS) is 1. The molecule has 0 unspecified atom stereocenters. The molecule has 0 saturated carbocycles. The van der Waals surface area contributed by atoms with Crippen LogP contribution in [0, 0.1) is 0 Å². The minimum Gasteiger partial charge on any atom is -0.449 e. The summed E-state index contributed by atoms with van der Waals surface area (Å²) in [6, 6.07) is 14.2. The molecule has 0 aliphatic carbocycles. The Kier molecular flexibility index (Phi) is 9.61. The van der Waals surface area contributed by atoms with Crippen LogP contribution in [-0.4, -0.2) is 11.3 Å². The highest BCUT2D eigenvalue weighted by Crippen LogP contribution is 2.34. The maximum Gasteiger partial charge on any atom is 0.511 e. The Morgan fingerprint density at radius 3 is 2.18 bits per heavy atom. The van der Waals surface area contributed by atoms with Gasteiger partial charge in [-0.15, -0.1) is 0 Å². The summed E-state index contributed by atoms with van der Waals surface area (Å²) < 4.78 is 5.13. The SMILES string of the molecule is CCCCCCCCCc1c(OC(=O)O)cccc1-c1ccccc1CCC. The van der Waals surface area contributed by atoms with Gasteiger partial charge in [0.2, 0.25) is 0 Å². The second kappa shape index (κ2) is 12.2. The molecule has 0 saturated heterocycles. The number of unbranched alkanes of at least 4 members (excludes halogenated alkanes) is 6. The third-order valence-corrected chi connectivity index (χ3v) is 5.19. The average Bonchev–Trinajstić information content (AvgIpc) is 2.68. The van der Waals surface area contributed by atoms with Crippen LogP contribution >= 0.6 is 0 Å². The highest BCUT2D eigenvalue weighted by Gasteiger charge is 2.15. The number of aryl methyl sites for hydroxylation is 1. The van der Waals surface area contributed by atoms with Crippen LogP contribution in [0.25, 0.3) is 11.1 Å². The van der Waals surface area contributed by atoms with Gasteiger partial charge in [0.25, 0.3) is 0 Å². The normalized spacial score (nSPS) is 10.8. The predicted molar refractivity (Wildman–Crippen MR) is 116 cm³/mol. The molecule has 152 valence electrons. The molecule has 1 N–H and O–H groups in total. The molecule has 3 heteroatoms. The Hall–Kier alpha value is -2.29. The Morgan fingerprint density at radius 2 is 1.46 bits per heavy atom. The quantitative estimate of drug-likeness (QED) is 0.233. The molecule has 0 aliphatic rings. The molecule has 2 aromatic carbocycles. The van der Waals surface area contributed by atoms with E-state index in [4.69, 9.17) is 9.84 Å². The van der Waals surface area contributed by atoms with Crippen molar-refractivity contribution >= 4 is 6.16 Å². The van der Waals surface area contributed by atoms with E-state index in [2.05, 4.69) is 44.2 Å². The minimum atomic E-state index is -1.25. The topological polar surface area (TPSA) is 46.5 Å². The van der Waals surface area contributed by atoms with Crippen LogP contribution in [0.3, 0.4) is 0 Å². The monoisotopic (exact) mass is 382 g/mol. The zero-order valence-corrected chi connectivity index (χ0v) is 17.4. The molecule has 0 atom stereocenters. The van der Waals surface area contributed by atoms with Crippen molar-refractivity contribution in [3.05, 3.63) is 53.6 Å². The lowest BCUT2D eigenvalue weighted by Gasteiger charge is -2.16. The highest BCUT2D eigenvalue weighted by atomic mass is 16.7. The van der Waals surface area contributed by atoms with Gasteiger partial charge in [-0.3, -0.25) is 0 Å². The van der Waals surface area contributed by atoms with Crippen molar-refractivity contribution < 1.29 is 14.6 Å². The van der Waals surface area contributed by atoms with Crippen molar-refractivity contribution in [1.82, 2.24) is 0 Å². The first-order valence-corrected chi connectivity index (χ1v) is 10.8. The summed E-state index contributed by atoms with van der Waals surface area (Å²) in [4.78, 5) is 11.2. The smallest absolute Gasteiger partial charge is 0.449 e. The van der Waals surface area contributed by atoms with E-state index in [0.717, 1.165) is 36.8 Å². The van der Waals surface area contributed by atoms with E-state index < -0.39 is 6.16 Å². The van der Waals surface area contributed by atoms with Crippen molar-refractivity contribution in [2.24, 2.45) is 0 Å². The van der Waals surface area contributed by atoms with E-state index in [1.807, 2.05) is 6.07 Å². The van der Waals surface area contributed by atoms with Crippen molar-refractivity contribution in [2.45, 2.75) is 78.1 Å². The number of hydrogen-bond donors (Lipinski definition) is 1. The van der Waals surface area contributed by atoms with Gasteiger partial charge in [0, 0.05) is 5.56 Å². The molecule has 3 nitrogen and oxygen atoms in total. The molecule has 0 aromatic heterocycles. The van der Waals surface area contributed by atoms with E-state index in [9.17, 15) is 4.79 Å². The Bertz CT molecular complexity index is 736. The van der Waals surface area contributed by atoms with Crippen LogP contribution in [0.15, 0.2) is 42.5 Å². The number of rotatable bonds is 12. The molecule has 0 radical (unpaired) electrons. The van der Waals surface area contributed by atoms with Gasteiger partial charge in [-0.2, -0.15) is 0 Å². The lowest BCUT2D eigenvalue weighted by molar-refractivity contribution is 0.144. The minimum absolute atomic E-state index is 0.474. The fourth-order valence-corrected chi connectivity index (χ4v) is 3.79. The molecule has 0 aliphatic heterocycles. The second-order valence-corrected chi connectivity index (χ2v) is 7.43. The van der Waals surface area contributed by atoms with Crippen LogP contribution in [0.2, 0.25) is 0 Å². The van der Waals surface area contributed by atoms with Gasteiger partial charge in [0.1, 0.15) is 5.75 Å². The van der Waals surface area contributed by atoms with Crippen molar-refractivity contribution in [1.29, 1.82) is 0 Å². The van der Waals surface area contributed by atoms with Crippen molar-refractivity contribution in [3.63, 3.8) is 0 Å². The number of hydrogen-bond acceptors (Lipinski definition) is 2. The van der Waals surface area contributed by atoms with Gasteiger partial charge in [0.05, 0.1) is 0 Å². The summed E-state index contributed by atoms with van der Waals surface area (Å²) in [5.74, 6) is 0.474. The van der Waals surface area contributed by atoms with Crippen molar-refractivity contribution in [2.75, 3.05) is 0 Å². The molecule has 0 fully saturated rings. The fraction of sp³-hybridized carbons (Fsp3) is 0.480. The van der Waals surface area contributed by atoms with Gasteiger partial charge in [-0.25, -0.2) is 4.79 Å². The van der Waals surface area contributed by atoms with Gasteiger partial charge in [-0.05, 0) is 42.0 Å². The van der Waals surface area contributed by atoms with Gasteiger partial charge < -0.3 is 9.84 Å². The van der Waals surface area contributed by atoms with Crippen LogP contribution < -0.4 is 4.74 Å². The molecule has 0 heterocycles. The summed E-state index contributed by atoms with van der Waals surface area (Å²) in [5, 5.41) is 9.16. The predicted octanol–water partition coefficient (Wildman–Crippen LogP) is 7.66. The molecule has 0 spiro atoms. The maximum absolute atomic E-state index is 11.2. The molecule has 2 rings (SSSR count). The first-order chi connectivity index (χ1) is 13.7. The molecular formula is C25H34O3. The van der Waals surface area contributed by atoms with Crippen LogP contribution in [0.1, 0.15) is 76.3 Å². The number of carbonyl (C=O) groups is 1. The summed E-state index contributed by atoms with van der Waals surface area (Å²) in [6.07, 6.45) is 10.3. The van der Waals surface area contributed by atoms with Crippen LogP contribution in [0.5, 0.6) is 5.75 Å². The first-order valence-electron chi connectivity index (χ1n) is 10.8. The Morgan fingerprint density at radius 1 is 0.786 bits per heavy atom. The summed E-state index contributed by atoms with van der Waals surface area (Å²) >= 11 is 0. The zero-order chi connectivity index (χ0) is 20.2. The molecular weight excluding hydrogens is 348 g/mol. The summed E-state index contributed by atoms with van der Waals surface area (Å²) in [5.41, 5.74) is 4.62. The number of ether oxygens (including phenoxy) is 1. The maximum atomic E-state index is 11.2. The lowest BCUT2D eigenvalue weighted by Crippen LogP contribution is -2.06. The van der Waals surface area contributed by atoms with Crippen LogP contribution in [0.4, 0.5) is 4.79 Å². The largest absolute Gasteiger partial charge is 0.511 e. The molecule has 2 aromatic rings. The average molecular weight is 383 g/mol. The van der Waals surface area contributed by atoms with E-state index in [0.29, 0.717) is 5.75 Å². The third-order valence-electron chi connectivity index (χ3n) is 5.19. The standard InChI is InChI=1S/C25H34O3/c1-3-5-6-7-8-9-10-17-23-22(18-13-19-24(23)28-25(26)27)21-16-12-11-15-20(21)14-4-2/h11-13,15-16,18-19H,3-10,14,17H2,1-2H3,(H,26,27). The Balaban J connectivity index is 2.22. The summed E-state index contributed by atoms with van der Waals surface area (Å²) in [6.45, 7) is 4.41. The second-order valence-electron chi connectivity index (χ2n) is 7.43. The van der Waals surface area contributed by atoms with E-state index in [1.165, 1.54) is 49.7 Å². The van der Waals surface area contributed by atoms with Gasteiger partial charge in [0.15, 0.2) is 0 Å². The van der Waals surface area contributed by atoms with E-state index in [1.54, 1.807) is 6.07 Å². The van der Waals surface area contributed by atoms with Gasteiger partial charge >= 0.3 is 6.16 Å². The number of benzene rings is 2. The third kappa shape index (κ3) is 6.70.